The van der Waals surface area contributed by atoms with Crippen molar-refractivity contribution in [1.29, 1.82) is 0 Å². The van der Waals surface area contributed by atoms with Crippen molar-refractivity contribution in [2.45, 2.75) is 6.10 Å². The predicted octanol–water partition coefficient (Wildman–Crippen LogP) is 4.37. The second-order valence-electron chi connectivity index (χ2n) is 7.02. The first-order chi connectivity index (χ1) is 14.1. The monoisotopic (exact) mass is 430 g/mol. The molecule has 29 heavy (non-hydrogen) atoms. The maximum atomic E-state index is 13.0. The molecule has 2 aromatic carbocycles. The first-order valence-electron chi connectivity index (χ1n) is 9.60. The van der Waals surface area contributed by atoms with Gasteiger partial charge in [0, 0.05) is 28.4 Å². The zero-order valence-electron chi connectivity index (χ0n) is 16.2. The van der Waals surface area contributed by atoms with Crippen LogP contribution in [0.25, 0.3) is 10.1 Å². The van der Waals surface area contributed by atoms with Crippen molar-refractivity contribution < 1.29 is 14.3 Å². The van der Waals surface area contributed by atoms with Gasteiger partial charge in [-0.05, 0) is 42.8 Å². The van der Waals surface area contributed by atoms with Gasteiger partial charge < -0.3 is 19.7 Å². The largest absolute Gasteiger partial charge is 0.492 e. The minimum absolute atomic E-state index is 0.0854. The summed E-state index contributed by atoms with van der Waals surface area (Å²) in [6.45, 7) is 3.15. The van der Waals surface area contributed by atoms with E-state index >= 15 is 0 Å². The summed E-state index contributed by atoms with van der Waals surface area (Å²) in [5.41, 5.74) is 0.994. The van der Waals surface area contributed by atoms with Crippen molar-refractivity contribution >= 4 is 38.9 Å². The molecule has 7 heteroatoms. The molecule has 1 fully saturated rings. The number of ether oxygens (including phenoxy) is 2. The molecule has 1 saturated heterocycles. The summed E-state index contributed by atoms with van der Waals surface area (Å²) in [6, 6.07) is 15.3. The number of fused-ring (bicyclic) bond motifs is 1. The third-order valence-corrected chi connectivity index (χ3v) is 6.34. The van der Waals surface area contributed by atoms with Crippen LogP contribution in [-0.4, -0.2) is 50.7 Å². The molecule has 0 spiro atoms. The van der Waals surface area contributed by atoms with Crippen LogP contribution in [-0.2, 0) is 4.74 Å². The Hall–Kier alpha value is -2.12. The van der Waals surface area contributed by atoms with Crippen LogP contribution in [0.15, 0.2) is 48.5 Å². The highest BCUT2D eigenvalue weighted by Gasteiger charge is 2.28. The maximum absolute atomic E-state index is 13.0. The Kier molecular flexibility index (Phi) is 6.35. The second-order valence-corrected chi connectivity index (χ2v) is 8.51. The quantitative estimate of drug-likeness (QED) is 0.590. The van der Waals surface area contributed by atoms with Gasteiger partial charge in [-0.3, -0.25) is 4.79 Å². The Morgan fingerprint density at radius 2 is 2.07 bits per heavy atom. The van der Waals surface area contributed by atoms with Crippen LogP contribution in [0, 0.1) is 0 Å². The highest BCUT2D eigenvalue weighted by atomic mass is 35.5. The van der Waals surface area contributed by atoms with Crippen molar-refractivity contribution in [3.05, 3.63) is 64.0 Å². The number of carbonyl (C=O) groups is 1. The van der Waals surface area contributed by atoms with E-state index in [1.807, 2.05) is 24.3 Å². The number of nitrogens with one attached hydrogen (secondary N) is 1. The summed E-state index contributed by atoms with van der Waals surface area (Å²) in [6.07, 6.45) is -0.101. The second kappa shape index (κ2) is 9.13. The average molecular weight is 431 g/mol. The number of likely N-dealkylation sites (N-methyl/N-ethyl adjacent to an activating group) is 1. The molecule has 1 aromatic heterocycles. The van der Waals surface area contributed by atoms with Crippen molar-refractivity contribution in [2.24, 2.45) is 0 Å². The van der Waals surface area contributed by atoms with Crippen molar-refractivity contribution in [1.82, 2.24) is 10.2 Å². The van der Waals surface area contributed by atoms with Crippen LogP contribution in [0.3, 0.4) is 0 Å². The number of morpholine rings is 1. The fourth-order valence-electron chi connectivity index (χ4n) is 3.45. The van der Waals surface area contributed by atoms with E-state index in [2.05, 4.69) is 29.4 Å². The van der Waals surface area contributed by atoms with E-state index in [0.29, 0.717) is 24.8 Å². The summed E-state index contributed by atoms with van der Waals surface area (Å²) >= 11 is 7.40. The molecular weight excluding hydrogens is 408 g/mol. The number of rotatable bonds is 6. The number of hydrogen-bond acceptors (Lipinski definition) is 5. The summed E-state index contributed by atoms with van der Waals surface area (Å²) in [7, 11) is 2.08. The highest BCUT2D eigenvalue weighted by molar-refractivity contribution is 7.21. The molecule has 0 aliphatic carbocycles. The van der Waals surface area contributed by atoms with Crippen LogP contribution in [0.1, 0.15) is 21.3 Å². The van der Waals surface area contributed by atoms with Crippen molar-refractivity contribution in [3.63, 3.8) is 0 Å². The number of halogens is 1. The van der Waals surface area contributed by atoms with Crippen molar-refractivity contribution in [3.8, 4) is 5.75 Å². The van der Waals surface area contributed by atoms with Gasteiger partial charge in [0.05, 0.1) is 24.1 Å². The molecule has 1 unspecified atom stereocenters. The number of benzene rings is 2. The summed E-state index contributed by atoms with van der Waals surface area (Å²) in [4.78, 5) is 15.9. The highest BCUT2D eigenvalue weighted by Crippen LogP contribution is 2.38. The lowest BCUT2D eigenvalue weighted by molar-refractivity contribution is -0.0202. The van der Waals surface area contributed by atoms with E-state index in [0.717, 1.165) is 39.4 Å². The van der Waals surface area contributed by atoms with Crippen LogP contribution in [0.2, 0.25) is 5.02 Å². The van der Waals surface area contributed by atoms with Gasteiger partial charge in [0.1, 0.15) is 12.4 Å². The summed E-state index contributed by atoms with van der Waals surface area (Å²) < 4.78 is 12.8. The molecule has 0 saturated carbocycles. The third-order valence-electron chi connectivity index (χ3n) is 4.90. The van der Waals surface area contributed by atoms with Crippen LogP contribution in [0.5, 0.6) is 5.75 Å². The number of carbonyl (C=O) groups excluding carboxylic acids is 1. The fourth-order valence-corrected chi connectivity index (χ4v) is 4.75. The van der Waals surface area contributed by atoms with Gasteiger partial charge >= 0.3 is 0 Å². The maximum Gasteiger partial charge on any atom is 0.261 e. The van der Waals surface area contributed by atoms with Crippen LogP contribution in [0.4, 0.5) is 0 Å². The van der Waals surface area contributed by atoms with Gasteiger partial charge in [-0.1, -0.05) is 29.8 Å². The lowest BCUT2D eigenvalue weighted by Gasteiger charge is -2.30. The third kappa shape index (κ3) is 4.73. The summed E-state index contributed by atoms with van der Waals surface area (Å²) in [5.74, 6) is 0.641. The molecule has 5 nitrogen and oxygen atoms in total. The molecule has 1 amide bonds. The lowest BCUT2D eigenvalue weighted by atomic mass is 10.0. The predicted molar refractivity (Wildman–Crippen MR) is 117 cm³/mol. The molecule has 3 aromatic rings. The molecule has 1 aliphatic rings. The Morgan fingerprint density at radius 3 is 2.86 bits per heavy atom. The number of thiophene rings is 1. The SMILES string of the molecule is CN1CCOC(c2c(C(=O)NCCOc3ccc(Cl)cc3)sc3ccccc23)C1. The Labute approximate surface area is 179 Å². The van der Waals surface area contributed by atoms with Crippen molar-refractivity contribution in [2.75, 3.05) is 39.9 Å². The lowest BCUT2D eigenvalue weighted by Crippen LogP contribution is -2.36. The van der Waals surface area contributed by atoms with E-state index in [1.165, 1.54) is 11.3 Å². The Bertz CT molecular complexity index is 989. The van der Waals surface area contributed by atoms with Gasteiger partial charge in [0.2, 0.25) is 0 Å². The van der Waals surface area contributed by atoms with Gasteiger partial charge in [-0.15, -0.1) is 11.3 Å². The molecule has 2 heterocycles. The Morgan fingerprint density at radius 1 is 1.28 bits per heavy atom. The van der Waals surface area contributed by atoms with Gasteiger partial charge in [-0.2, -0.15) is 0 Å². The molecule has 0 radical (unpaired) electrons. The van der Waals surface area contributed by atoms with Gasteiger partial charge in [0.25, 0.3) is 5.91 Å². The minimum atomic E-state index is -0.101. The first kappa shape index (κ1) is 20.2. The zero-order valence-corrected chi connectivity index (χ0v) is 17.8. The van der Waals surface area contributed by atoms with Gasteiger partial charge in [0.15, 0.2) is 0 Å². The van der Waals surface area contributed by atoms with E-state index in [4.69, 9.17) is 21.1 Å². The minimum Gasteiger partial charge on any atom is -0.492 e. The molecule has 1 N–H and O–H groups in total. The topological polar surface area (TPSA) is 50.8 Å². The normalized spacial score (nSPS) is 17.4. The standard InChI is InChI=1S/C22H23ClN2O3S/c1-25-11-13-28-18(14-25)20-17-4-2-3-5-19(17)29-21(20)22(26)24-10-12-27-16-8-6-15(23)7-9-16/h2-9,18H,10-14H2,1H3,(H,24,26). The zero-order chi connectivity index (χ0) is 20.2. The smallest absolute Gasteiger partial charge is 0.261 e. The first-order valence-corrected chi connectivity index (χ1v) is 10.8. The number of nitrogens with zero attached hydrogens (tertiary/aromatic N) is 1. The Balaban J connectivity index is 1.46. The molecule has 1 atom stereocenters. The van der Waals surface area contributed by atoms with Gasteiger partial charge in [-0.25, -0.2) is 0 Å². The van der Waals surface area contributed by atoms with E-state index < -0.39 is 0 Å². The molecule has 0 bridgehead atoms. The average Bonchev–Trinajstić information content (AvgIpc) is 3.12. The van der Waals surface area contributed by atoms with Crippen LogP contribution < -0.4 is 10.1 Å². The van der Waals surface area contributed by atoms with Crippen LogP contribution >= 0.6 is 22.9 Å². The fraction of sp³-hybridized carbons (Fsp3) is 0.318. The number of amides is 1. The molecule has 152 valence electrons. The number of hydrogen-bond donors (Lipinski definition) is 1. The molecule has 4 rings (SSSR count). The molecular formula is C22H23ClN2O3S. The van der Waals surface area contributed by atoms with E-state index in [-0.39, 0.29) is 12.0 Å². The van der Waals surface area contributed by atoms with E-state index in [1.54, 1.807) is 12.1 Å². The summed E-state index contributed by atoms with van der Waals surface area (Å²) in [5, 5.41) is 4.75. The van der Waals surface area contributed by atoms with E-state index in [9.17, 15) is 4.79 Å². The molecule has 1 aliphatic heterocycles.